The third-order valence-electron chi connectivity index (χ3n) is 2.71. The Morgan fingerprint density at radius 1 is 1.59 bits per heavy atom. The molecule has 0 bridgehead atoms. The van der Waals surface area contributed by atoms with E-state index in [2.05, 4.69) is 10.3 Å². The molecule has 0 spiro atoms. The van der Waals surface area contributed by atoms with Crippen molar-refractivity contribution < 1.29 is 4.79 Å². The Kier molecular flexibility index (Phi) is 5.10. The number of hydrogen-bond donors (Lipinski definition) is 2. The molecule has 1 heterocycles. The average Bonchev–Trinajstić information content (AvgIpc) is 2.30. The Morgan fingerprint density at radius 2 is 2.35 bits per heavy atom. The first-order chi connectivity index (χ1) is 8.06. The van der Waals surface area contributed by atoms with Gasteiger partial charge in [-0.2, -0.15) is 0 Å². The number of pyridine rings is 1. The van der Waals surface area contributed by atoms with Gasteiger partial charge in [-0.15, -0.1) is 0 Å². The van der Waals surface area contributed by atoms with E-state index in [0.717, 1.165) is 18.4 Å². The summed E-state index contributed by atoms with van der Waals surface area (Å²) in [5.41, 5.74) is 6.28. The molecule has 94 valence electrons. The molecule has 0 aliphatic heterocycles. The van der Waals surface area contributed by atoms with Crippen LogP contribution in [0.5, 0.6) is 0 Å². The second-order valence-electron chi connectivity index (χ2n) is 4.53. The van der Waals surface area contributed by atoms with E-state index in [0.29, 0.717) is 13.0 Å². The Bertz CT molecular complexity index is 349. The zero-order valence-electron chi connectivity index (χ0n) is 10.6. The van der Waals surface area contributed by atoms with Crippen molar-refractivity contribution in [1.82, 2.24) is 10.3 Å². The summed E-state index contributed by atoms with van der Waals surface area (Å²) in [6.07, 6.45) is 5.93. The van der Waals surface area contributed by atoms with E-state index in [-0.39, 0.29) is 5.91 Å². The van der Waals surface area contributed by atoms with Gasteiger partial charge in [0, 0.05) is 18.9 Å². The maximum Gasteiger partial charge on any atom is 0.239 e. The first kappa shape index (κ1) is 13.6. The monoisotopic (exact) mass is 235 g/mol. The summed E-state index contributed by atoms with van der Waals surface area (Å²) in [5, 5.41) is 2.86. The van der Waals surface area contributed by atoms with Gasteiger partial charge in [0.05, 0.1) is 5.54 Å². The number of rotatable bonds is 6. The summed E-state index contributed by atoms with van der Waals surface area (Å²) in [4.78, 5) is 15.8. The molecule has 0 aromatic carbocycles. The van der Waals surface area contributed by atoms with Gasteiger partial charge >= 0.3 is 0 Å². The van der Waals surface area contributed by atoms with Crippen molar-refractivity contribution in [2.24, 2.45) is 5.73 Å². The molecule has 0 aliphatic carbocycles. The van der Waals surface area contributed by atoms with Gasteiger partial charge in [-0.1, -0.05) is 19.4 Å². The molecule has 0 saturated heterocycles. The molecule has 0 aliphatic rings. The minimum Gasteiger partial charge on any atom is -0.354 e. The molecule has 17 heavy (non-hydrogen) atoms. The van der Waals surface area contributed by atoms with Gasteiger partial charge in [-0.3, -0.25) is 9.78 Å². The lowest BCUT2D eigenvalue weighted by molar-refractivity contribution is -0.126. The number of nitrogens with zero attached hydrogens (tertiary/aromatic N) is 1. The molecule has 1 rings (SSSR count). The number of aromatic nitrogens is 1. The maximum atomic E-state index is 11.8. The largest absolute Gasteiger partial charge is 0.354 e. The van der Waals surface area contributed by atoms with Crippen molar-refractivity contribution in [3.05, 3.63) is 30.1 Å². The van der Waals surface area contributed by atoms with Crippen molar-refractivity contribution in [2.75, 3.05) is 6.54 Å². The lowest BCUT2D eigenvalue weighted by Gasteiger charge is -2.22. The first-order valence-corrected chi connectivity index (χ1v) is 6.02. The number of carbonyl (C=O) groups is 1. The van der Waals surface area contributed by atoms with E-state index in [1.807, 2.05) is 19.1 Å². The molecule has 0 saturated carbocycles. The quantitative estimate of drug-likeness (QED) is 0.780. The maximum absolute atomic E-state index is 11.8. The fourth-order valence-electron chi connectivity index (χ4n) is 1.70. The first-order valence-electron chi connectivity index (χ1n) is 6.02. The molecule has 4 heteroatoms. The van der Waals surface area contributed by atoms with Crippen LogP contribution >= 0.6 is 0 Å². The SMILES string of the molecule is CCCC(C)(N)C(=O)NCCc1cccnc1. The Labute approximate surface area is 103 Å². The zero-order valence-corrected chi connectivity index (χ0v) is 10.6. The van der Waals surface area contributed by atoms with Crippen LogP contribution in [0.2, 0.25) is 0 Å². The highest BCUT2D eigenvalue weighted by molar-refractivity contribution is 5.85. The molecule has 1 amide bonds. The fraction of sp³-hybridized carbons (Fsp3) is 0.538. The number of amides is 1. The number of hydrogen-bond acceptors (Lipinski definition) is 3. The third kappa shape index (κ3) is 4.53. The molecule has 3 N–H and O–H groups in total. The summed E-state index contributed by atoms with van der Waals surface area (Å²) in [5.74, 6) is -0.0803. The van der Waals surface area contributed by atoms with E-state index in [1.165, 1.54) is 0 Å². The summed E-state index contributed by atoms with van der Waals surface area (Å²) in [6.45, 7) is 4.39. The normalized spacial score (nSPS) is 14.1. The molecule has 4 nitrogen and oxygen atoms in total. The molecule has 1 aromatic heterocycles. The van der Waals surface area contributed by atoms with Crippen LogP contribution in [0.3, 0.4) is 0 Å². The Balaban J connectivity index is 2.34. The van der Waals surface area contributed by atoms with Crippen LogP contribution in [-0.2, 0) is 11.2 Å². The topological polar surface area (TPSA) is 68.0 Å². The van der Waals surface area contributed by atoms with Crippen LogP contribution in [0.1, 0.15) is 32.3 Å². The van der Waals surface area contributed by atoms with Gasteiger partial charge in [-0.05, 0) is 31.4 Å². The van der Waals surface area contributed by atoms with E-state index >= 15 is 0 Å². The van der Waals surface area contributed by atoms with Crippen LogP contribution in [0.4, 0.5) is 0 Å². The highest BCUT2D eigenvalue weighted by Crippen LogP contribution is 2.08. The van der Waals surface area contributed by atoms with E-state index < -0.39 is 5.54 Å². The van der Waals surface area contributed by atoms with Crippen molar-refractivity contribution in [1.29, 1.82) is 0 Å². The molecule has 0 fully saturated rings. The molecular weight excluding hydrogens is 214 g/mol. The summed E-state index contributed by atoms with van der Waals surface area (Å²) >= 11 is 0. The minimum absolute atomic E-state index is 0.0803. The lowest BCUT2D eigenvalue weighted by atomic mass is 9.96. The van der Waals surface area contributed by atoms with Gasteiger partial charge in [0.15, 0.2) is 0 Å². The number of nitrogens with two attached hydrogens (primary N) is 1. The lowest BCUT2D eigenvalue weighted by Crippen LogP contribution is -2.51. The van der Waals surface area contributed by atoms with Gasteiger partial charge in [0.25, 0.3) is 0 Å². The van der Waals surface area contributed by atoms with Crippen LogP contribution in [-0.4, -0.2) is 23.0 Å². The summed E-state index contributed by atoms with van der Waals surface area (Å²) in [7, 11) is 0. The van der Waals surface area contributed by atoms with Crippen molar-refractivity contribution in [3.63, 3.8) is 0 Å². The third-order valence-corrected chi connectivity index (χ3v) is 2.71. The number of nitrogens with one attached hydrogen (secondary N) is 1. The second kappa shape index (κ2) is 6.35. The fourth-order valence-corrected chi connectivity index (χ4v) is 1.70. The minimum atomic E-state index is -0.760. The molecular formula is C13H21N3O. The second-order valence-corrected chi connectivity index (χ2v) is 4.53. The molecule has 1 unspecified atom stereocenters. The van der Waals surface area contributed by atoms with Gasteiger partial charge in [0.2, 0.25) is 5.91 Å². The molecule has 1 aromatic rings. The zero-order chi connectivity index (χ0) is 12.7. The van der Waals surface area contributed by atoms with Crippen molar-refractivity contribution >= 4 is 5.91 Å². The number of carbonyl (C=O) groups excluding carboxylic acids is 1. The summed E-state index contributed by atoms with van der Waals surface area (Å²) < 4.78 is 0. The van der Waals surface area contributed by atoms with Gasteiger partial charge in [-0.25, -0.2) is 0 Å². The Hall–Kier alpha value is -1.42. The highest BCUT2D eigenvalue weighted by Gasteiger charge is 2.26. The average molecular weight is 235 g/mol. The van der Waals surface area contributed by atoms with Crippen molar-refractivity contribution in [2.45, 2.75) is 38.6 Å². The van der Waals surface area contributed by atoms with E-state index in [4.69, 9.17) is 5.73 Å². The Morgan fingerprint density at radius 3 is 2.94 bits per heavy atom. The molecule has 1 atom stereocenters. The van der Waals surface area contributed by atoms with Crippen LogP contribution < -0.4 is 11.1 Å². The van der Waals surface area contributed by atoms with Crippen LogP contribution in [0.25, 0.3) is 0 Å². The van der Waals surface area contributed by atoms with Crippen LogP contribution in [0, 0.1) is 0 Å². The standard InChI is InChI=1S/C13H21N3O/c1-3-7-13(2,14)12(17)16-9-6-11-5-4-8-15-10-11/h4-5,8,10H,3,6-7,9,14H2,1-2H3,(H,16,17). The predicted molar refractivity (Wildman–Crippen MR) is 68.5 cm³/mol. The van der Waals surface area contributed by atoms with E-state index in [9.17, 15) is 4.79 Å². The van der Waals surface area contributed by atoms with Crippen molar-refractivity contribution in [3.8, 4) is 0 Å². The highest BCUT2D eigenvalue weighted by atomic mass is 16.2. The van der Waals surface area contributed by atoms with Gasteiger partial charge < -0.3 is 11.1 Å². The van der Waals surface area contributed by atoms with Crippen LogP contribution in [0.15, 0.2) is 24.5 Å². The summed E-state index contributed by atoms with van der Waals surface area (Å²) in [6, 6.07) is 3.88. The van der Waals surface area contributed by atoms with Gasteiger partial charge in [0.1, 0.15) is 0 Å². The smallest absolute Gasteiger partial charge is 0.239 e. The van der Waals surface area contributed by atoms with E-state index in [1.54, 1.807) is 19.3 Å². The predicted octanol–water partition coefficient (Wildman–Crippen LogP) is 1.26. The molecule has 0 radical (unpaired) electrons.